The largest absolute Gasteiger partial charge is 0.490 e. The Bertz CT molecular complexity index is 1200. The molecular formula is C26H27N3O7S. The van der Waals surface area contributed by atoms with Gasteiger partial charge in [0.25, 0.3) is 17.1 Å². The highest BCUT2D eigenvalue weighted by atomic mass is 32.2. The Hall–Kier alpha value is -3.83. The fourth-order valence-electron chi connectivity index (χ4n) is 3.70. The van der Waals surface area contributed by atoms with Gasteiger partial charge in [0.15, 0.2) is 18.1 Å². The summed E-state index contributed by atoms with van der Waals surface area (Å²) >= 11 is 0.782. The second kappa shape index (κ2) is 12.4. The number of ether oxygens (including phenoxy) is 3. The number of nitrogens with zero attached hydrogens (tertiary/aromatic N) is 2. The van der Waals surface area contributed by atoms with Crippen molar-refractivity contribution in [1.82, 2.24) is 9.80 Å². The standard InChI is InChI=1S/C26H27N3O7S/c1-2-35-21-14-18(8-9-20(21)36-17-23(30)27-19-6-4-3-5-7-19)15-22-25(32)29(26(33)37-22)16-24(31)28-10-12-34-13-11-28/h3-9,14-15H,2,10-13,16-17H2,1H3,(H,27,30)/b22-15-. The van der Waals surface area contributed by atoms with Gasteiger partial charge in [-0.3, -0.25) is 24.1 Å². The van der Waals surface area contributed by atoms with Crippen LogP contribution in [0.5, 0.6) is 11.5 Å². The Balaban J connectivity index is 1.41. The van der Waals surface area contributed by atoms with E-state index in [0.717, 1.165) is 16.7 Å². The van der Waals surface area contributed by atoms with Crippen LogP contribution in [0.4, 0.5) is 10.5 Å². The number of amides is 4. The normalized spacial score (nSPS) is 16.7. The quantitative estimate of drug-likeness (QED) is 0.497. The first kappa shape index (κ1) is 26.2. The minimum absolute atomic E-state index is 0.207. The molecule has 0 bridgehead atoms. The van der Waals surface area contributed by atoms with E-state index < -0.39 is 11.1 Å². The fraction of sp³-hybridized carbons (Fsp3) is 0.308. The van der Waals surface area contributed by atoms with Crippen LogP contribution < -0.4 is 14.8 Å². The van der Waals surface area contributed by atoms with Gasteiger partial charge in [-0.15, -0.1) is 0 Å². The number of imide groups is 1. The second-order valence-electron chi connectivity index (χ2n) is 8.10. The molecule has 0 saturated carbocycles. The molecule has 0 radical (unpaired) electrons. The number of nitrogens with one attached hydrogen (secondary N) is 1. The Kier molecular flexibility index (Phi) is 8.81. The van der Waals surface area contributed by atoms with E-state index >= 15 is 0 Å². The number of thioether (sulfide) groups is 1. The summed E-state index contributed by atoms with van der Waals surface area (Å²) in [5, 5.41) is 2.25. The van der Waals surface area contributed by atoms with Crippen LogP contribution in [0.15, 0.2) is 53.4 Å². The molecule has 4 rings (SSSR count). The van der Waals surface area contributed by atoms with Crippen molar-refractivity contribution in [1.29, 1.82) is 0 Å². The maximum absolute atomic E-state index is 12.9. The predicted molar refractivity (Wildman–Crippen MR) is 138 cm³/mol. The highest BCUT2D eigenvalue weighted by Crippen LogP contribution is 2.34. The molecule has 1 N–H and O–H groups in total. The van der Waals surface area contributed by atoms with Crippen molar-refractivity contribution >= 4 is 46.5 Å². The summed E-state index contributed by atoms with van der Waals surface area (Å²) in [5.41, 5.74) is 1.27. The van der Waals surface area contributed by atoms with Gasteiger partial charge >= 0.3 is 0 Å². The lowest BCUT2D eigenvalue weighted by atomic mass is 10.2. The first-order valence-electron chi connectivity index (χ1n) is 11.8. The summed E-state index contributed by atoms with van der Waals surface area (Å²) in [5.74, 6) is -0.370. The van der Waals surface area contributed by atoms with Crippen molar-refractivity contribution in [3.63, 3.8) is 0 Å². The molecule has 194 valence electrons. The van der Waals surface area contributed by atoms with E-state index in [4.69, 9.17) is 14.2 Å². The fourth-order valence-corrected chi connectivity index (χ4v) is 4.54. The lowest BCUT2D eigenvalue weighted by Gasteiger charge is -2.28. The Morgan fingerprint density at radius 2 is 1.81 bits per heavy atom. The summed E-state index contributed by atoms with van der Waals surface area (Å²) < 4.78 is 16.6. The van der Waals surface area contributed by atoms with Gasteiger partial charge in [-0.25, -0.2) is 0 Å². The maximum Gasteiger partial charge on any atom is 0.294 e. The third-order valence-corrected chi connectivity index (χ3v) is 6.42. The van der Waals surface area contributed by atoms with E-state index in [0.29, 0.717) is 55.7 Å². The third-order valence-electron chi connectivity index (χ3n) is 5.51. The zero-order valence-corrected chi connectivity index (χ0v) is 21.1. The number of para-hydroxylation sites is 1. The molecule has 0 spiro atoms. The molecule has 0 atom stereocenters. The molecular weight excluding hydrogens is 498 g/mol. The summed E-state index contributed by atoms with van der Waals surface area (Å²) in [4.78, 5) is 52.8. The lowest BCUT2D eigenvalue weighted by Crippen LogP contribution is -2.46. The first-order valence-corrected chi connectivity index (χ1v) is 12.6. The van der Waals surface area contributed by atoms with Gasteiger partial charge in [0.1, 0.15) is 6.54 Å². The SMILES string of the molecule is CCOc1cc(/C=C2\SC(=O)N(CC(=O)N3CCOCC3)C2=O)ccc1OCC(=O)Nc1ccccc1. The molecule has 10 nitrogen and oxygen atoms in total. The number of anilines is 1. The maximum atomic E-state index is 12.9. The van der Waals surface area contributed by atoms with Crippen LogP contribution in [0, 0.1) is 0 Å². The average Bonchev–Trinajstić information content (AvgIpc) is 3.16. The number of morpholine rings is 1. The zero-order chi connectivity index (χ0) is 26.2. The van der Waals surface area contributed by atoms with E-state index in [1.54, 1.807) is 41.3 Å². The van der Waals surface area contributed by atoms with Crippen LogP contribution in [0.2, 0.25) is 0 Å². The monoisotopic (exact) mass is 525 g/mol. The van der Waals surface area contributed by atoms with Crippen molar-refractivity contribution in [2.45, 2.75) is 6.92 Å². The molecule has 11 heteroatoms. The molecule has 0 unspecified atom stereocenters. The van der Waals surface area contributed by atoms with Crippen molar-refractivity contribution in [2.75, 3.05) is 51.4 Å². The van der Waals surface area contributed by atoms with Gasteiger partial charge in [0.05, 0.1) is 24.7 Å². The van der Waals surface area contributed by atoms with E-state index in [2.05, 4.69) is 5.32 Å². The summed E-state index contributed by atoms with van der Waals surface area (Å²) in [6.07, 6.45) is 1.57. The van der Waals surface area contributed by atoms with Crippen molar-refractivity contribution < 1.29 is 33.4 Å². The average molecular weight is 526 g/mol. The van der Waals surface area contributed by atoms with Gasteiger partial charge < -0.3 is 24.4 Å². The Morgan fingerprint density at radius 3 is 2.54 bits per heavy atom. The molecule has 2 fully saturated rings. The second-order valence-corrected chi connectivity index (χ2v) is 9.10. The van der Waals surface area contributed by atoms with Gasteiger partial charge in [-0.2, -0.15) is 0 Å². The number of benzene rings is 2. The summed E-state index contributed by atoms with van der Waals surface area (Å²) in [7, 11) is 0. The Morgan fingerprint density at radius 1 is 1.05 bits per heavy atom. The van der Waals surface area contributed by atoms with Crippen molar-refractivity contribution in [2.24, 2.45) is 0 Å². The van der Waals surface area contributed by atoms with Gasteiger partial charge in [-0.1, -0.05) is 24.3 Å². The molecule has 2 aromatic rings. The molecule has 0 aliphatic carbocycles. The van der Waals surface area contributed by atoms with E-state index in [1.807, 2.05) is 25.1 Å². The van der Waals surface area contributed by atoms with Crippen LogP contribution in [0.25, 0.3) is 6.08 Å². The molecule has 37 heavy (non-hydrogen) atoms. The number of hydrogen-bond donors (Lipinski definition) is 1. The van der Waals surface area contributed by atoms with E-state index in [9.17, 15) is 19.2 Å². The lowest BCUT2D eigenvalue weighted by molar-refractivity contribution is -0.139. The highest BCUT2D eigenvalue weighted by Gasteiger charge is 2.37. The van der Waals surface area contributed by atoms with E-state index in [-0.39, 0.29) is 29.9 Å². The molecule has 2 heterocycles. The molecule has 2 saturated heterocycles. The van der Waals surface area contributed by atoms with Crippen LogP contribution in [-0.2, 0) is 19.1 Å². The number of carbonyl (C=O) groups excluding carboxylic acids is 4. The topological polar surface area (TPSA) is 114 Å². The van der Waals surface area contributed by atoms with Crippen LogP contribution >= 0.6 is 11.8 Å². The van der Waals surface area contributed by atoms with Crippen molar-refractivity contribution in [3.05, 3.63) is 59.0 Å². The number of rotatable bonds is 9. The molecule has 2 aromatic carbocycles. The summed E-state index contributed by atoms with van der Waals surface area (Å²) in [6.45, 7) is 3.40. The molecule has 2 aliphatic rings. The minimum Gasteiger partial charge on any atom is -0.490 e. The zero-order valence-electron chi connectivity index (χ0n) is 20.3. The van der Waals surface area contributed by atoms with Crippen LogP contribution in [0.1, 0.15) is 12.5 Å². The van der Waals surface area contributed by atoms with Crippen LogP contribution in [-0.4, -0.2) is 78.8 Å². The van der Waals surface area contributed by atoms with Gasteiger partial charge in [-0.05, 0) is 54.6 Å². The summed E-state index contributed by atoms with van der Waals surface area (Å²) in [6, 6.07) is 14.0. The Labute approximate surface area is 218 Å². The number of hydrogen-bond acceptors (Lipinski definition) is 8. The molecule has 2 aliphatic heterocycles. The molecule has 4 amide bonds. The van der Waals surface area contributed by atoms with Crippen molar-refractivity contribution in [3.8, 4) is 11.5 Å². The van der Waals surface area contributed by atoms with Gasteiger partial charge in [0.2, 0.25) is 5.91 Å². The van der Waals surface area contributed by atoms with Gasteiger partial charge in [0, 0.05) is 18.8 Å². The third kappa shape index (κ3) is 6.89. The van der Waals surface area contributed by atoms with Crippen LogP contribution in [0.3, 0.4) is 0 Å². The first-order chi connectivity index (χ1) is 17.9. The predicted octanol–water partition coefficient (Wildman–Crippen LogP) is 3.00. The molecule has 0 aromatic heterocycles. The minimum atomic E-state index is -0.521. The van der Waals surface area contributed by atoms with E-state index in [1.165, 1.54) is 0 Å². The smallest absolute Gasteiger partial charge is 0.294 e. The number of carbonyl (C=O) groups is 4. The highest BCUT2D eigenvalue weighted by molar-refractivity contribution is 8.18.